The number of benzene rings is 1. The lowest BCUT2D eigenvalue weighted by Gasteiger charge is -2.11. The lowest BCUT2D eigenvalue weighted by molar-refractivity contribution is 0.599. The molecule has 0 saturated heterocycles. The number of rotatable bonds is 4. The molecule has 2 N–H and O–H groups in total. The number of aryl methyl sites for hydroxylation is 1. The molecule has 0 saturated carbocycles. The van der Waals surface area contributed by atoms with Crippen molar-refractivity contribution in [3.05, 3.63) is 48.0 Å². The lowest BCUT2D eigenvalue weighted by atomic mass is 10.1. The molecular weight excluding hydrogens is 200 g/mol. The van der Waals surface area contributed by atoms with Crippen LogP contribution < -0.4 is 5.73 Å². The summed E-state index contributed by atoms with van der Waals surface area (Å²) in [6.07, 6.45) is 2.51. The number of hydrogen-bond acceptors (Lipinski definition) is 3. The zero-order valence-corrected chi connectivity index (χ0v) is 9.37. The van der Waals surface area contributed by atoms with Crippen molar-refractivity contribution in [3.63, 3.8) is 0 Å². The van der Waals surface area contributed by atoms with E-state index in [1.165, 1.54) is 5.56 Å². The summed E-state index contributed by atoms with van der Waals surface area (Å²) in [5.74, 6) is 0.853. The third-order valence-electron chi connectivity index (χ3n) is 2.62. The summed E-state index contributed by atoms with van der Waals surface area (Å²) in [5.41, 5.74) is 7.35. The van der Waals surface area contributed by atoms with Gasteiger partial charge in [-0.05, 0) is 18.9 Å². The first-order valence-corrected chi connectivity index (χ1v) is 5.48. The molecule has 2 aromatic rings. The van der Waals surface area contributed by atoms with Crippen molar-refractivity contribution in [1.82, 2.24) is 14.8 Å². The second kappa shape index (κ2) is 4.90. The normalized spacial score (nSPS) is 12.6. The Bertz CT molecular complexity index is 435. The molecule has 0 spiro atoms. The van der Waals surface area contributed by atoms with E-state index >= 15 is 0 Å². The highest BCUT2D eigenvalue weighted by atomic mass is 15.3. The minimum absolute atomic E-state index is 0.0927. The molecule has 1 atom stereocenters. The average molecular weight is 216 g/mol. The van der Waals surface area contributed by atoms with Crippen LogP contribution in [0.25, 0.3) is 0 Å². The molecular formula is C12H16N4. The fraction of sp³-hybridized carbons (Fsp3) is 0.333. The van der Waals surface area contributed by atoms with E-state index < -0.39 is 0 Å². The minimum atomic E-state index is -0.0927. The van der Waals surface area contributed by atoms with Crippen LogP contribution in [-0.4, -0.2) is 14.8 Å². The van der Waals surface area contributed by atoms with Gasteiger partial charge in [0.1, 0.15) is 12.2 Å². The van der Waals surface area contributed by atoms with Gasteiger partial charge >= 0.3 is 0 Å². The quantitative estimate of drug-likeness (QED) is 0.843. The van der Waals surface area contributed by atoms with Gasteiger partial charge in [-0.15, -0.1) is 10.2 Å². The Labute approximate surface area is 95.1 Å². The Hall–Kier alpha value is -1.68. The highest BCUT2D eigenvalue weighted by molar-refractivity contribution is 5.17. The molecule has 0 amide bonds. The van der Waals surface area contributed by atoms with E-state index in [1.807, 2.05) is 22.8 Å². The van der Waals surface area contributed by atoms with E-state index in [1.54, 1.807) is 6.33 Å². The van der Waals surface area contributed by atoms with Crippen molar-refractivity contribution < 1.29 is 0 Å². The molecule has 1 heterocycles. The summed E-state index contributed by atoms with van der Waals surface area (Å²) in [6.45, 7) is 2.91. The minimum Gasteiger partial charge on any atom is -0.321 e. The van der Waals surface area contributed by atoms with Gasteiger partial charge in [0.25, 0.3) is 0 Å². The third kappa shape index (κ3) is 2.28. The van der Waals surface area contributed by atoms with Crippen LogP contribution in [0.5, 0.6) is 0 Å². The van der Waals surface area contributed by atoms with Crippen LogP contribution in [0, 0.1) is 0 Å². The van der Waals surface area contributed by atoms with Crippen LogP contribution in [-0.2, 0) is 13.0 Å². The van der Waals surface area contributed by atoms with E-state index in [-0.39, 0.29) is 6.04 Å². The zero-order chi connectivity index (χ0) is 11.4. The highest BCUT2D eigenvalue weighted by Crippen LogP contribution is 2.13. The number of hydrogen-bond donors (Lipinski definition) is 1. The molecule has 4 heteroatoms. The first-order chi connectivity index (χ1) is 7.81. The van der Waals surface area contributed by atoms with Crippen LogP contribution in [0.15, 0.2) is 36.7 Å². The monoisotopic (exact) mass is 216 g/mol. The molecule has 0 aliphatic heterocycles. The zero-order valence-electron chi connectivity index (χ0n) is 9.37. The van der Waals surface area contributed by atoms with Gasteiger partial charge in [0.05, 0.1) is 6.04 Å². The molecule has 0 aliphatic rings. The van der Waals surface area contributed by atoms with Gasteiger partial charge in [-0.1, -0.05) is 30.3 Å². The third-order valence-corrected chi connectivity index (χ3v) is 2.62. The van der Waals surface area contributed by atoms with Crippen molar-refractivity contribution in [2.24, 2.45) is 5.73 Å². The van der Waals surface area contributed by atoms with E-state index in [0.29, 0.717) is 0 Å². The van der Waals surface area contributed by atoms with Crippen molar-refractivity contribution >= 4 is 0 Å². The van der Waals surface area contributed by atoms with Crippen molar-refractivity contribution in [2.45, 2.75) is 25.9 Å². The highest BCUT2D eigenvalue weighted by Gasteiger charge is 2.13. The molecule has 4 nitrogen and oxygen atoms in total. The molecule has 84 valence electrons. The largest absolute Gasteiger partial charge is 0.321 e. The van der Waals surface area contributed by atoms with Crippen LogP contribution in [0.1, 0.15) is 24.4 Å². The molecule has 0 fully saturated rings. The molecule has 0 radical (unpaired) electrons. The molecule has 0 bridgehead atoms. The summed E-state index contributed by atoms with van der Waals surface area (Å²) < 4.78 is 1.98. The Morgan fingerprint density at radius 3 is 2.75 bits per heavy atom. The summed E-state index contributed by atoms with van der Waals surface area (Å²) in [5, 5.41) is 7.96. The van der Waals surface area contributed by atoms with Gasteiger partial charge < -0.3 is 10.3 Å². The Balaban J connectivity index is 2.11. The predicted octanol–water partition coefficient (Wildman–Crippen LogP) is 1.54. The topological polar surface area (TPSA) is 56.7 Å². The summed E-state index contributed by atoms with van der Waals surface area (Å²) >= 11 is 0. The second-order valence-corrected chi connectivity index (χ2v) is 3.77. The standard InChI is InChI=1S/C12H16N4/c1-2-16-9-14-15-12(16)11(13)8-10-6-4-3-5-7-10/h3-7,9,11H,2,8,13H2,1H3/t11-/m1/s1. The molecule has 1 aromatic carbocycles. The first kappa shape index (κ1) is 10.8. The number of aromatic nitrogens is 3. The maximum Gasteiger partial charge on any atom is 0.150 e. The van der Waals surface area contributed by atoms with Crippen LogP contribution >= 0.6 is 0 Å². The van der Waals surface area contributed by atoms with Crippen molar-refractivity contribution in [3.8, 4) is 0 Å². The summed E-state index contributed by atoms with van der Waals surface area (Å²) in [6, 6.07) is 10.1. The van der Waals surface area contributed by atoms with Crippen molar-refractivity contribution in [1.29, 1.82) is 0 Å². The summed E-state index contributed by atoms with van der Waals surface area (Å²) in [7, 11) is 0. The molecule has 0 aliphatic carbocycles. The average Bonchev–Trinajstić information content (AvgIpc) is 2.78. The van der Waals surface area contributed by atoms with Gasteiger partial charge in [0.2, 0.25) is 0 Å². The van der Waals surface area contributed by atoms with Crippen LogP contribution in [0.3, 0.4) is 0 Å². The Morgan fingerprint density at radius 2 is 2.06 bits per heavy atom. The van der Waals surface area contributed by atoms with Gasteiger partial charge in [-0.25, -0.2) is 0 Å². The van der Waals surface area contributed by atoms with E-state index in [2.05, 4.69) is 29.3 Å². The van der Waals surface area contributed by atoms with Gasteiger partial charge in [-0.3, -0.25) is 0 Å². The molecule has 1 aromatic heterocycles. The lowest BCUT2D eigenvalue weighted by Crippen LogP contribution is -2.18. The molecule has 2 rings (SSSR count). The smallest absolute Gasteiger partial charge is 0.150 e. The number of nitrogens with zero attached hydrogens (tertiary/aromatic N) is 3. The van der Waals surface area contributed by atoms with Crippen molar-refractivity contribution in [2.75, 3.05) is 0 Å². The van der Waals surface area contributed by atoms with Crippen LogP contribution in [0.4, 0.5) is 0 Å². The fourth-order valence-corrected chi connectivity index (χ4v) is 1.75. The fourth-order valence-electron chi connectivity index (χ4n) is 1.75. The Morgan fingerprint density at radius 1 is 1.31 bits per heavy atom. The Kier molecular flexibility index (Phi) is 3.31. The van der Waals surface area contributed by atoms with Gasteiger partial charge in [-0.2, -0.15) is 0 Å². The summed E-state index contributed by atoms with van der Waals surface area (Å²) in [4.78, 5) is 0. The molecule has 16 heavy (non-hydrogen) atoms. The predicted molar refractivity (Wildman–Crippen MR) is 62.8 cm³/mol. The second-order valence-electron chi connectivity index (χ2n) is 3.77. The molecule has 0 unspecified atom stereocenters. The van der Waals surface area contributed by atoms with Crippen LogP contribution in [0.2, 0.25) is 0 Å². The maximum atomic E-state index is 6.12. The van der Waals surface area contributed by atoms with E-state index in [9.17, 15) is 0 Å². The first-order valence-electron chi connectivity index (χ1n) is 5.48. The maximum absolute atomic E-state index is 6.12. The SMILES string of the molecule is CCn1cnnc1[C@H](N)Cc1ccccc1. The number of nitrogens with two attached hydrogens (primary N) is 1. The van der Waals surface area contributed by atoms with Gasteiger partial charge in [0, 0.05) is 6.54 Å². The van der Waals surface area contributed by atoms with Gasteiger partial charge in [0.15, 0.2) is 0 Å². The van der Waals surface area contributed by atoms with E-state index in [0.717, 1.165) is 18.8 Å². The van der Waals surface area contributed by atoms with E-state index in [4.69, 9.17) is 5.73 Å².